The van der Waals surface area contributed by atoms with Gasteiger partial charge in [-0.1, -0.05) is 58.3 Å². The predicted molar refractivity (Wildman–Crippen MR) is 82.9 cm³/mol. The van der Waals surface area contributed by atoms with Gasteiger partial charge >= 0.3 is 59.5 Å². The summed E-state index contributed by atoms with van der Waals surface area (Å²) >= 11 is 0.810. The molecule has 21 heavy (non-hydrogen) atoms. The topological polar surface area (TPSA) is 40.1 Å². The Labute approximate surface area is 146 Å². The monoisotopic (exact) mass is 478 g/mol. The Morgan fingerprint density at radius 1 is 0.905 bits per heavy atom. The average Bonchev–Trinajstić information content (AvgIpc) is 2.47. The van der Waals surface area contributed by atoms with E-state index in [1.54, 1.807) is 0 Å². The fourth-order valence-electron chi connectivity index (χ4n) is 2.06. The van der Waals surface area contributed by atoms with E-state index in [1.807, 2.05) is 0 Å². The molecule has 1 aromatic carbocycles. The molecular formula is C18H28HgO2. The van der Waals surface area contributed by atoms with Gasteiger partial charge in [-0.15, -0.1) is 0 Å². The molecule has 0 aliphatic heterocycles. The minimum atomic E-state index is -0.909. The van der Waals surface area contributed by atoms with Crippen LogP contribution in [0.1, 0.15) is 71.1 Å². The third kappa shape index (κ3) is 17.6. The first-order chi connectivity index (χ1) is 10.2. The Morgan fingerprint density at radius 2 is 1.38 bits per heavy atom. The molecule has 0 radical (unpaired) electrons. The zero-order valence-corrected chi connectivity index (χ0v) is 19.0. The molecule has 0 aliphatic rings. The zero-order chi connectivity index (χ0) is 15.8. The number of carbonyl (C=O) groups excluding carboxylic acids is 1. The van der Waals surface area contributed by atoms with Crippen molar-refractivity contribution in [2.45, 2.75) is 71.1 Å². The Morgan fingerprint density at radius 3 is 1.76 bits per heavy atom. The molecule has 0 aliphatic carbocycles. The van der Waals surface area contributed by atoms with Gasteiger partial charge in [-0.2, -0.15) is 0 Å². The van der Waals surface area contributed by atoms with Crippen LogP contribution in [0.25, 0.3) is 0 Å². The third-order valence-electron chi connectivity index (χ3n) is 3.33. The van der Waals surface area contributed by atoms with Crippen LogP contribution in [-0.4, -0.2) is 5.97 Å². The molecule has 0 heterocycles. The maximum atomic E-state index is 10.1. The quantitative estimate of drug-likeness (QED) is 0.383. The number of carboxylic acid groups (broad SMARTS) is 1. The summed E-state index contributed by atoms with van der Waals surface area (Å²) in [6.07, 6.45) is 11.2. The van der Waals surface area contributed by atoms with Gasteiger partial charge in [0.2, 0.25) is 0 Å². The van der Waals surface area contributed by atoms with Gasteiger partial charge in [0.1, 0.15) is 0 Å². The van der Waals surface area contributed by atoms with E-state index in [4.69, 9.17) is 0 Å². The van der Waals surface area contributed by atoms with Crippen LogP contribution in [0.5, 0.6) is 0 Å². The van der Waals surface area contributed by atoms with Crippen LogP contribution in [0.4, 0.5) is 0 Å². The first-order valence-corrected chi connectivity index (χ1v) is 11.0. The SMILES string of the molecule is CCCCCCCCCCCC(=O)[O-].[Hg+][c]1ccccc1. The summed E-state index contributed by atoms with van der Waals surface area (Å²) < 4.78 is 1.52. The number of rotatable bonds is 10. The van der Waals surface area contributed by atoms with Crippen LogP contribution >= 0.6 is 0 Å². The van der Waals surface area contributed by atoms with E-state index in [0.717, 1.165) is 39.0 Å². The first kappa shape index (κ1) is 20.6. The van der Waals surface area contributed by atoms with Crippen LogP contribution in [0.2, 0.25) is 0 Å². The van der Waals surface area contributed by atoms with Gasteiger partial charge in [0.25, 0.3) is 0 Å². The summed E-state index contributed by atoms with van der Waals surface area (Å²) in [6, 6.07) is 10.6. The molecule has 2 nitrogen and oxygen atoms in total. The van der Waals surface area contributed by atoms with E-state index in [2.05, 4.69) is 37.3 Å². The van der Waals surface area contributed by atoms with Crippen molar-refractivity contribution >= 4 is 9.04 Å². The van der Waals surface area contributed by atoms with Gasteiger partial charge in [-0.25, -0.2) is 0 Å². The fourth-order valence-corrected chi connectivity index (χ4v) is 3.12. The van der Waals surface area contributed by atoms with Gasteiger partial charge < -0.3 is 9.90 Å². The second-order valence-electron chi connectivity index (χ2n) is 5.44. The number of unbranched alkanes of at least 4 members (excludes halogenated alkanes) is 8. The van der Waals surface area contributed by atoms with Gasteiger partial charge in [-0.3, -0.25) is 0 Å². The number of hydrogen-bond acceptors (Lipinski definition) is 2. The standard InChI is InChI=1S/C12H24O2.C6H5.Hg/c1-2-3-4-5-6-7-8-9-10-11-12(13)14;1-2-4-6-5-3-1;/h2-11H2,1H3,(H,13,14);1-5H;/q;;+1/p-1. The molecule has 114 valence electrons. The number of hydrogen-bond donors (Lipinski definition) is 0. The van der Waals surface area contributed by atoms with Crippen LogP contribution in [-0.2, 0) is 30.9 Å². The van der Waals surface area contributed by atoms with Crippen molar-refractivity contribution in [3.05, 3.63) is 30.3 Å². The molecule has 3 heteroatoms. The molecule has 0 N–H and O–H groups in total. The van der Waals surface area contributed by atoms with E-state index in [1.165, 1.54) is 48.0 Å². The van der Waals surface area contributed by atoms with Gasteiger partial charge in [0, 0.05) is 5.97 Å². The Hall–Kier alpha value is -0.375. The van der Waals surface area contributed by atoms with Crippen LogP contribution in [0.3, 0.4) is 0 Å². The number of benzene rings is 1. The molecule has 1 aromatic rings. The Kier molecular flexibility index (Phi) is 15.7. The second kappa shape index (κ2) is 16.0. The molecule has 0 atom stereocenters. The second-order valence-corrected chi connectivity index (χ2v) is 8.61. The first-order valence-electron chi connectivity index (χ1n) is 8.23. The van der Waals surface area contributed by atoms with Crippen molar-refractivity contribution in [2.75, 3.05) is 0 Å². The molecule has 0 spiro atoms. The Balaban J connectivity index is 0.000000471. The van der Waals surface area contributed by atoms with E-state index in [9.17, 15) is 9.90 Å². The van der Waals surface area contributed by atoms with Crippen molar-refractivity contribution in [1.82, 2.24) is 0 Å². The van der Waals surface area contributed by atoms with Crippen molar-refractivity contribution in [2.24, 2.45) is 0 Å². The molecule has 0 unspecified atom stereocenters. The van der Waals surface area contributed by atoms with E-state index < -0.39 is 5.97 Å². The van der Waals surface area contributed by atoms with Crippen molar-refractivity contribution in [3.63, 3.8) is 0 Å². The average molecular weight is 477 g/mol. The summed E-state index contributed by atoms with van der Waals surface area (Å²) in [5.74, 6) is -0.909. The van der Waals surface area contributed by atoms with E-state index in [0.29, 0.717) is 0 Å². The summed E-state index contributed by atoms with van der Waals surface area (Å²) in [7, 11) is 0. The molecule has 0 amide bonds. The summed E-state index contributed by atoms with van der Waals surface area (Å²) in [4.78, 5) is 10.1. The van der Waals surface area contributed by atoms with Crippen LogP contribution < -0.4 is 8.18 Å². The van der Waals surface area contributed by atoms with Crippen molar-refractivity contribution < 1.29 is 36.0 Å². The fraction of sp³-hybridized carbons (Fsp3) is 0.611. The molecular weight excluding hydrogens is 449 g/mol. The number of carbonyl (C=O) groups is 1. The normalized spacial score (nSPS) is 9.86. The molecule has 0 saturated carbocycles. The third-order valence-corrected chi connectivity index (χ3v) is 5.16. The van der Waals surface area contributed by atoms with E-state index >= 15 is 0 Å². The molecule has 0 bridgehead atoms. The number of aliphatic carboxylic acids is 1. The summed E-state index contributed by atoms with van der Waals surface area (Å²) in [6.45, 7) is 2.22. The Bertz CT molecular complexity index is 338. The maximum absolute atomic E-state index is 10.1. The minimum absolute atomic E-state index is 0.232. The molecule has 1 rings (SSSR count). The van der Waals surface area contributed by atoms with Gasteiger partial charge in [0.05, 0.1) is 0 Å². The molecule has 0 fully saturated rings. The molecule has 0 saturated heterocycles. The predicted octanol–water partition coefficient (Wildman–Crippen LogP) is 3.52. The van der Waals surface area contributed by atoms with Crippen LogP contribution in [0, 0.1) is 0 Å². The summed E-state index contributed by atoms with van der Waals surface area (Å²) in [5, 5.41) is 10.1. The number of carboxylic acids is 1. The molecule has 0 aromatic heterocycles. The van der Waals surface area contributed by atoms with Crippen LogP contribution in [0.15, 0.2) is 30.3 Å². The van der Waals surface area contributed by atoms with E-state index in [-0.39, 0.29) is 6.42 Å². The van der Waals surface area contributed by atoms with Gasteiger partial charge in [-0.05, 0) is 12.8 Å². The van der Waals surface area contributed by atoms with Crippen molar-refractivity contribution in [1.29, 1.82) is 0 Å². The summed E-state index contributed by atoms with van der Waals surface area (Å²) in [5.41, 5.74) is 0. The van der Waals surface area contributed by atoms with Crippen molar-refractivity contribution in [3.8, 4) is 0 Å². The van der Waals surface area contributed by atoms with Gasteiger partial charge in [0.15, 0.2) is 0 Å². The zero-order valence-electron chi connectivity index (χ0n) is 13.5.